The summed E-state index contributed by atoms with van der Waals surface area (Å²) in [7, 11) is 0. The topological polar surface area (TPSA) is 82.5 Å². The van der Waals surface area contributed by atoms with E-state index in [0.29, 0.717) is 23.8 Å². The Kier molecular flexibility index (Phi) is 5.99. The summed E-state index contributed by atoms with van der Waals surface area (Å²) < 4.78 is 1.69. The molecule has 0 spiro atoms. The number of hydrogen-bond donors (Lipinski definition) is 0. The van der Waals surface area contributed by atoms with Crippen LogP contribution in [0.15, 0.2) is 40.3 Å². The fraction of sp³-hybridized carbons (Fsp3) is 0.364. The minimum absolute atomic E-state index is 0.0198. The van der Waals surface area contributed by atoms with E-state index in [0.717, 1.165) is 41.6 Å². The van der Waals surface area contributed by atoms with Gasteiger partial charge in [-0.2, -0.15) is 10.5 Å². The van der Waals surface area contributed by atoms with Crippen LogP contribution in [0.5, 0.6) is 0 Å². The lowest BCUT2D eigenvalue weighted by molar-refractivity contribution is 0.682. The van der Waals surface area contributed by atoms with Gasteiger partial charge < -0.3 is 0 Å². The number of para-hydroxylation sites is 1. The number of aryl methyl sites for hydroxylation is 2. The van der Waals surface area contributed by atoms with E-state index < -0.39 is 0 Å². The number of benzene rings is 1. The van der Waals surface area contributed by atoms with Crippen LogP contribution in [0.3, 0.4) is 0 Å². The quantitative estimate of drug-likeness (QED) is 0.420. The average Bonchev–Trinajstić information content (AvgIpc) is 3.13. The molecule has 0 amide bonds. The van der Waals surface area contributed by atoms with Gasteiger partial charge in [0.1, 0.15) is 4.83 Å². The normalized spacial score (nSPS) is 14.1. The van der Waals surface area contributed by atoms with Crippen molar-refractivity contribution in [1.29, 1.82) is 10.5 Å². The van der Waals surface area contributed by atoms with E-state index in [2.05, 4.69) is 12.1 Å². The predicted octanol–water partition coefficient (Wildman–Crippen LogP) is 4.86. The highest BCUT2D eigenvalue weighted by atomic mass is 32.2. The van der Waals surface area contributed by atoms with Crippen molar-refractivity contribution >= 4 is 33.3 Å². The summed E-state index contributed by atoms with van der Waals surface area (Å²) in [6.45, 7) is 0. The highest BCUT2D eigenvalue weighted by molar-refractivity contribution is 7.99. The molecule has 1 atom stereocenters. The third-order valence-corrected chi connectivity index (χ3v) is 7.46. The third-order valence-electron chi connectivity index (χ3n) is 5.17. The zero-order valence-electron chi connectivity index (χ0n) is 15.9. The average molecular weight is 421 g/mol. The van der Waals surface area contributed by atoms with Gasteiger partial charge in [0.2, 0.25) is 0 Å². The van der Waals surface area contributed by atoms with Crippen LogP contribution in [0, 0.1) is 28.6 Å². The number of nitriles is 2. The second-order valence-electron chi connectivity index (χ2n) is 7.10. The summed E-state index contributed by atoms with van der Waals surface area (Å²) >= 11 is 3.07. The molecule has 1 aromatic carbocycles. The maximum absolute atomic E-state index is 13.6. The molecule has 0 N–H and O–H groups in total. The summed E-state index contributed by atoms with van der Waals surface area (Å²) in [5, 5.41) is 19.6. The molecule has 1 aliphatic carbocycles. The van der Waals surface area contributed by atoms with Gasteiger partial charge in [-0.05, 0) is 49.8 Å². The van der Waals surface area contributed by atoms with Crippen LogP contribution >= 0.6 is 23.1 Å². The van der Waals surface area contributed by atoms with Crippen LogP contribution in [0.25, 0.3) is 15.9 Å². The first kappa shape index (κ1) is 19.7. The van der Waals surface area contributed by atoms with Crippen LogP contribution in [-0.2, 0) is 12.8 Å². The molecule has 7 heteroatoms. The zero-order chi connectivity index (χ0) is 20.2. The summed E-state index contributed by atoms with van der Waals surface area (Å²) in [5.41, 5.74) is 1.95. The Hall–Kier alpha value is -2.61. The molecule has 2 heterocycles. The molecule has 0 bridgehead atoms. The van der Waals surface area contributed by atoms with Crippen LogP contribution in [0.4, 0.5) is 0 Å². The van der Waals surface area contributed by atoms with Gasteiger partial charge in [0.25, 0.3) is 5.56 Å². The van der Waals surface area contributed by atoms with E-state index in [1.807, 2.05) is 30.3 Å². The van der Waals surface area contributed by atoms with Crippen molar-refractivity contribution in [3.63, 3.8) is 0 Å². The SMILES string of the molecule is N#CCCC(C#N)CSc1nc2sc3c(c2c(=O)n1-c1ccccc1)CCCC3. The van der Waals surface area contributed by atoms with E-state index in [4.69, 9.17) is 10.2 Å². The summed E-state index contributed by atoms with van der Waals surface area (Å²) in [6, 6.07) is 13.9. The summed E-state index contributed by atoms with van der Waals surface area (Å²) in [4.78, 5) is 20.6. The first-order chi connectivity index (χ1) is 14.2. The lowest BCUT2D eigenvalue weighted by Crippen LogP contribution is -2.22. The zero-order valence-corrected chi connectivity index (χ0v) is 17.6. The van der Waals surface area contributed by atoms with Crippen molar-refractivity contribution in [2.45, 2.75) is 43.7 Å². The van der Waals surface area contributed by atoms with Gasteiger partial charge in [-0.15, -0.1) is 11.3 Å². The Labute approximate surface area is 177 Å². The van der Waals surface area contributed by atoms with Gasteiger partial charge in [-0.25, -0.2) is 4.98 Å². The number of thioether (sulfide) groups is 1. The van der Waals surface area contributed by atoms with Gasteiger partial charge in [0, 0.05) is 17.1 Å². The Morgan fingerprint density at radius 2 is 2.00 bits per heavy atom. The fourth-order valence-corrected chi connectivity index (χ4v) is 6.06. The van der Waals surface area contributed by atoms with E-state index in [9.17, 15) is 10.1 Å². The standard InChI is InChI=1S/C22H20N4OS2/c23-12-6-7-15(13-24)14-28-22-25-20-19(17-10-4-5-11-18(17)29-20)21(27)26(22)16-8-2-1-3-9-16/h1-3,8-9,15H,4-7,10-11,14H2. The minimum atomic E-state index is -0.243. The minimum Gasteiger partial charge on any atom is -0.268 e. The molecule has 0 saturated heterocycles. The molecule has 1 unspecified atom stereocenters. The number of aromatic nitrogens is 2. The molecule has 3 aromatic rings. The molecule has 2 aromatic heterocycles. The number of fused-ring (bicyclic) bond motifs is 3. The molecule has 0 radical (unpaired) electrons. The molecule has 0 saturated carbocycles. The van der Waals surface area contributed by atoms with Gasteiger partial charge in [-0.1, -0.05) is 30.0 Å². The Bertz CT molecular complexity index is 1170. The number of rotatable bonds is 6. The van der Waals surface area contributed by atoms with Crippen LogP contribution in [0.1, 0.15) is 36.1 Å². The number of hydrogen-bond acceptors (Lipinski definition) is 6. The molecule has 4 rings (SSSR count). The number of thiophene rings is 1. The van der Waals surface area contributed by atoms with Crippen molar-refractivity contribution in [3.8, 4) is 17.8 Å². The van der Waals surface area contributed by atoms with E-state index in [1.54, 1.807) is 15.9 Å². The Balaban J connectivity index is 1.81. The monoisotopic (exact) mass is 420 g/mol. The highest BCUT2D eigenvalue weighted by Crippen LogP contribution is 2.35. The van der Waals surface area contributed by atoms with E-state index in [1.165, 1.54) is 22.2 Å². The van der Waals surface area contributed by atoms with Crippen molar-refractivity contribution in [2.24, 2.45) is 5.92 Å². The Morgan fingerprint density at radius 1 is 1.21 bits per heavy atom. The Morgan fingerprint density at radius 3 is 2.76 bits per heavy atom. The molecule has 1 aliphatic rings. The van der Waals surface area contributed by atoms with E-state index in [-0.39, 0.29) is 11.5 Å². The van der Waals surface area contributed by atoms with Gasteiger partial charge in [0.05, 0.1) is 29.1 Å². The van der Waals surface area contributed by atoms with Crippen LogP contribution in [-0.4, -0.2) is 15.3 Å². The molecular formula is C22H20N4OS2. The summed E-state index contributed by atoms with van der Waals surface area (Å²) in [6.07, 6.45) is 5.13. The maximum atomic E-state index is 13.6. The smallest absolute Gasteiger partial charge is 0.267 e. The molecule has 29 heavy (non-hydrogen) atoms. The van der Waals surface area contributed by atoms with Crippen molar-refractivity contribution in [2.75, 3.05) is 5.75 Å². The summed E-state index contributed by atoms with van der Waals surface area (Å²) in [5.74, 6) is 0.265. The second kappa shape index (κ2) is 8.82. The lowest BCUT2D eigenvalue weighted by atomic mass is 9.97. The molecule has 0 aliphatic heterocycles. The van der Waals surface area contributed by atoms with Crippen LogP contribution in [0.2, 0.25) is 0 Å². The second-order valence-corrected chi connectivity index (χ2v) is 9.17. The fourth-order valence-electron chi connectivity index (χ4n) is 3.69. The van der Waals surface area contributed by atoms with Gasteiger partial charge in [-0.3, -0.25) is 9.36 Å². The van der Waals surface area contributed by atoms with E-state index >= 15 is 0 Å². The first-order valence-electron chi connectivity index (χ1n) is 9.75. The largest absolute Gasteiger partial charge is 0.268 e. The molecule has 0 fully saturated rings. The molecular weight excluding hydrogens is 400 g/mol. The first-order valence-corrected chi connectivity index (χ1v) is 11.5. The van der Waals surface area contributed by atoms with Crippen molar-refractivity contribution in [1.82, 2.24) is 9.55 Å². The highest BCUT2D eigenvalue weighted by Gasteiger charge is 2.23. The lowest BCUT2D eigenvalue weighted by Gasteiger charge is -2.14. The maximum Gasteiger partial charge on any atom is 0.267 e. The number of nitrogens with zero attached hydrogens (tertiary/aromatic N) is 4. The molecule has 146 valence electrons. The molecule has 5 nitrogen and oxygen atoms in total. The van der Waals surface area contributed by atoms with Gasteiger partial charge >= 0.3 is 0 Å². The van der Waals surface area contributed by atoms with Gasteiger partial charge in [0.15, 0.2) is 5.16 Å². The predicted molar refractivity (Wildman–Crippen MR) is 117 cm³/mol. The third kappa shape index (κ3) is 3.94. The van der Waals surface area contributed by atoms with Crippen molar-refractivity contribution < 1.29 is 0 Å². The van der Waals surface area contributed by atoms with Crippen LogP contribution < -0.4 is 5.56 Å². The van der Waals surface area contributed by atoms with Crippen molar-refractivity contribution in [3.05, 3.63) is 51.1 Å².